The lowest BCUT2D eigenvalue weighted by Crippen LogP contribution is -2.19. The third-order valence-electron chi connectivity index (χ3n) is 3.45. The summed E-state index contributed by atoms with van der Waals surface area (Å²) in [6.07, 6.45) is -2.98. The van der Waals surface area contributed by atoms with Crippen molar-refractivity contribution < 1.29 is 27.1 Å². The molecule has 0 fully saturated rings. The zero-order chi connectivity index (χ0) is 19.3. The van der Waals surface area contributed by atoms with Crippen molar-refractivity contribution in [2.45, 2.75) is 12.6 Å². The molecule has 0 aliphatic rings. The minimum atomic E-state index is -4.40. The number of rotatable bonds is 6. The molecular weight excluding hydrogens is 361 g/mol. The van der Waals surface area contributed by atoms with Crippen LogP contribution < -0.4 is 10.1 Å². The second kappa shape index (κ2) is 7.94. The van der Waals surface area contributed by atoms with Crippen LogP contribution in [0, 0.1) is 0 Å². The molecule has 3 aromatic rings. The van der Waals surface area contributed by atoms with Gasteiger partial charge in [0.05, 0.1) is 12.1 Å². The maximum Gasteiger partial charge on any atom is 0.422 e. The Morgan fingerprint density at radius 1 is 1.07 bits per heavy atom. The SMILES string of the molecule is O=C(Cc1coc(-c2ccccc2)n1)Nc1ccc(OCC(F)(F)F)cc1. The highest BCUT2D eigenvalue weighted by atomic mass is 19.4. The number of hydrogen-bond donors (Lipinski definition) is 1. The van der Waals surface area contributed by atoms with Crippen molar-refractivity contribution in [1.29, 1.82) is 0 Å². The van der Waals surface area contributed by atoms with Crippen molar-refractivity contribution in [3.05, 3.63) is 66.6 Å². The van der Waals surface area contributed by atoms with E-state index in [0.717, 1.165) is 5.56 Å². The number of ether oxygens (including phenoxy) is 1. The van der Waals surface area contributed by atoms with Crippen molar-refractivity contribution in [2.75, 3.05) is 11.9 Å². The molecule has 1 heterocycles. The highest BCUT2D eigenvalue weighted by Crippen LogP contribution is 2.21. The maximum atomic E-state index is 12.1. The molecule has 27 heavy (non-hydrogen) atoms. The number of aromatic nitrogens is 1. The number of anilines is 1. The van der Waals surface area contributed by atoms with E-state index >= 15 is 0 Å². The average Bonchev–Trinajstić information content (AvgIpc) is 3.09. The molecule has 0 radical (unpaired) electrons. The average molecular weight is 376 g/mol. The highest BCUT2D eigenvalue weighted by molar-refractivity contribution is 5.92. The summed E-state index contributed by atoms with van der Waals surface area (Å²) in [5, 5.41) is 2.64. The first-order valence-electron chi connectivity index (χ1n) is 7.98. The van der Waals surface area contributed by atoms with Gasteiger partial charge in [0.25, 0.3) is 0 Å². The van der Waals surface area contributed by atoms with Gasteiger partial charge >= 0.3 is 6.18 Å². The molecule has 0 bridgehead atoms. The quantitative estimate of drug-likeness (QED) is 0.690. The Morgan fingerprint density at radius 3 is 2.44 bits per heavy atom. The second-order valence-electron chi connectivity index (χ2n) is 5.66. The van der Waals surface area contributed by atoms with E-state index in [4.69, 9.17) is 4.42 Å². The van der Waals surface area contributed by atoms with Crippen LogP contribution in [-0.4, -0.2) is 23.7 Å². The Hall–Kier alpha value is -3.29. The molecule has 0 aliphatic heterocycles. The Balaban J connectivity index is 1.54. The molecule has 8 heteroatoms. The van der Waals surface area contributed by atoms with E-state index in [0.29, 0.717) is 17.3 Å². The van der Waals surface area contributed by atoms with Crippen molar-refractivity contribution in [2.24, 2.45) is 0 Å². The van der Waals surface area contributed by atoms with E-state index in [1.54, 1.807) is 0 Å². The van der Waals surface area contributed by atoms with Gasteiger partial charge in [-0.25, -0.2) is 4.98 Å². The lowest BCUT2D eigenvalue weighted by molar-refractivity contribution is -0.153. The van der Waals surface area contributed by atoms with E-state index in [2.05, 4.69) is 15.0 Å². The lowest BCUT2D eigenvalue weighted by Gasteiger charge is -2.10. The van der Waals surface area contributed by atoms with Crippen LogP contribution in [0.25, 0.3) is 11.5 Å². The number of alkyl halides is 3. The topological polar surface area (TPSA) is 64.4 Å². The molecule has 0 atom stereocenters. The van der Waals surface area contributed by atoms with Gasteiger partial charge in [0.2, 0.25) is 11.8 Å². The van der Waals surface area contributed by atoms with Crippen molar-refractivity contribution >= 4 is 11.6 Å². The number of carbonyl (C=O) groups is 1. The largest absolute Gasteiger partial charge is 0.484 e. The van der Waals surface area contributed by atoms with E-state index < -0.39 is 12.8 Å². The fourth-order valence-corrected chi connectivity index (χ4v) is 2.27. The number of benzene rings is 2. The third kappa shape index (κ3) is 5.60. The molecule has 1 amide bonds. The molecule has 1 aromatic heterocycles. The number of halogens is 3. The molecule has 0 saturated heterocycles. The van der Waals surface area contributed by atoms with Crippen LogP contribution in [0.5, 0.6) is 5.75 Å². The summed E-state index contributed by atoms with van der Waals surface area (Å²) in [5.41, 5.74) is 1.71. The molecule has 0 aliphatic carbocycles. The number of oxazole rings is 1. The summed E-state index contributed by atoms with van der Waals surface area (Å²) in [7, 11) is 0. The van der Waals surface area contributed by atoms with Crippen LogP contribution in [-0.2, 0) is 11.2 Å². The van der Waals surface area contributed by atoms with Crippen LogP contribution in [0.4, 0.5) is 18.9 Å². The van der Waals surface area contributed by atoms with E-state index in [1.165, 1.54) is 30.5 Å². The summed E-state index contributed by atoms with van der Waals surface area (Å²) in [4.78, 5) is 16.4. The van der Waals surface area contributed by atoms with Gasteiger partial charge in [-0.2, -0.15) is 13.2 Å². The Morgan fingerprint density at radius 2 is 1.78 bits per heavy atom. The summed E-state index contributed by atoms with van der Waals surface area (Å²) in [6, 6.07) is 14.9. The number of nitrogens with one attached hydrogen (secondary N) is 1. The van der Waals surface area contributed by atoms with E-state index in [-0.39, 0.29) is 18.1 Å². The third-order valence-corrected chi connectivity index (χ3v) is 3.45. The molecule has 0 unspecified atom stereocenters. The summed E-state index contributed by atoms with van der Waals surface area (Å²) in [5.74, 6) is 0.158. The summed E-state index contributed by atoms with van der Waals surface area (Å²) in [6.45, 7) is -1.37. The Labute approximate surface area is 152 Å². The predicted molar refractivity (Wildman–Crippen MR) is 92.3 cm³/mol. The number of amides is 1. The molecule has 5 nitrogen and oxygen atoms in total. The first-order chi connectivity index (χ1) is 12.9. The molecule has 0 saturated carbocycles. The van der Waals surface area contributed by atoms with Gasteiger partial charge in [-0.05, 0) is 36.4 Å². The smallest absolute Gasteiger partial charge is 0.422 e. The van der Waals surface area contributed by atoms with Crippen LogP contribution in [0.3, 0.4) is 0 Å². The van der Waals surface area contributed by atoms with E-state index in [9.17, 15) is 18.0 Å². The maximum absolute atomic E-state index is 12.1. The van der Waals surface area contributed by atoms with Crippen molar-refractivity contribution in [1.82, 2.24) is 4.98 Å². The molecule has 0 spiro atoms. The van der Waals surface area contributed by atoms with Crippen LogP contribution >= 0.6 is 0 Å². The number of nitrogens with zero attached hydrogens (tertiary/aromatic N) is 1. The van der Waals surface area contributed by atoms with Gasteiger partial charge < -0.3 is 14.5 Å². The van der Waals surface area contributed by atoms with Gasteiger partial charge in [0, 0.05) is 11.3 Å². The zero-order valence-corrected chi connectivity index (χ0v) is 14.0. The molecule has 2 aromatic carbocycles. The minimum absolute atomic E-state index is 0.00264. The van der Waals surface area contributed by atoms with E-state index in [1.807, 2.05) is 30.3 Å². The van der Waals surface area contributed by atoms with Crippen LogP contribution in [0.15, 0.2) is 65.3 Å². The normalized spacial score (nSPS) is 11.2. The summed E-state index contributed by atoms with van der Waals surface area (Å²) >= 11 is 0. The van der Waals surface area contributed by atoms with Gasteiger partial charge in [-0.15, -0.1) is 0 Å². The first-order valence-corrected chi connectivity index (χ1v) is 7.98. The fourth-order valence-electron chi connectivity index (χ4n) is 2.27. The number of carbonyl (C=O) groups excluding carboxylic acids is 1. The van der Waals surface area contributed by atoms with Crippen LogP contribution in [0.1, 0.15) is 5.69 Å². The van der Waals surface area contributed by atoms with Crippen molar-refractivity contribution in [3.8, 4) is 17.2 Å². The Kier molecular flexibility index (Phi) is 5.44. The van der Waals surface area contributed by atoms with Crippen molar-refractivity contribution in [3.63, 3.8) is 0 Å². The second-order valence-corrected chi connectivity index (χ2v) is 5.66. The van der Waals surface area contributed by atoms with Gasteiger partial charge in [-0.1, -0.05) is 18.2 Å². The molecule has 140 valence electrons. The predicted octanol–water partition coefficient (Wildman–Crippen LogP) is 4.46. The fraction of sp³-hybridized carbons (Fsp3) is 0.158. The standard InChI is InChI=1S/C19H15F3N2O3/c20-19(21,22)12-27-16-8-6-14(7-9-16)23-17(25)10-15-11-26-18(24-15)13-4-2-1-3-5-13/h1-9,11H,10,12H2,(H,23,25). The number of hydrogen-bond acceptors (Lipinski definition) is 4. The zero-order valence-electron chi connectivity index (χ0n) is 14.0. The van der Waals surface area contributed by atoms with Gasteiger partial charge in [0.1, 0.15) is 12.0 Å². The van der Waals surface area contributed by atoms with Gasteiger partial charge in [0.15, 0.2) is 6.61 Å². The van der Waals surface area contributed by atoms with Gasteiger partial charge in [-0.3, -0.25) is 4.79 Å². The highest BCUT2D eigenvalue weighted by Gasteiger charge is 2.28. The first kappa shape index (κ1) is 18.5. The minimum Gasteiger partial charge on any atom is -0.484 e. The molecule has 3 rings (SSSR count). The lowest BCUT2D eigenvalue weighted by atomic mass is 10.2. The Bertz CT molecular complexity index is 891. The molecule has 1 N–H and O–H groups in total. The van der Waals surface area contributed by atoms with Crippen LogP contribution in [0.2, 0.25) is 0 Å². The monoisotopic (exact) mass is 376 g/mol. The summed E-state index contributed by atoms with van der Waals surface area (Å²) < 4.78 is 46.3. The molecular formula is C19H15F3N2O3.